The SMILES string of the molecule is CCCn1cc(Oc2cc(NC)nc(C)n2)cn1. The van der Waals surface area contributed by atoms with Crippen molar-refractivity contribution in [3.8, 4) is 11.6 Å². The van der Waals surface area contributed by atoms with Crippen molar-refractivity contribution in [1.29, 1.82) is 0 Å². The molecule has 0 aliphatic heterocycles. The number of rotatable bonds is 5. The van der Waals surface area contributed by atoms with Crippen LogP contribution >= 0.6 is 0 Å². The minimum Gasteiger partial charge on any atom is -0.436 e. The van der Waals surface area contributed by atoms with Gasteiger partial charge in [0, 0.05) is 19.7 Å². The van der Waals surface area contributed by atoms with Crippen LogP contribution in [-0.4, -0.2) is 26.8 Å². The third-order valence-electron chi connectivity index (χ3n) is 2.36. The number of aryl methyl sites for hydroxylation is 2. The average molecular weight is 247 g/mol. The lowest BCUT2D eigenvalue weighted by atomic mass is 10.5. The zero-order valence-corrected chi connectivity index (χ0v) is 10.8. The molecule has 0 amide bonds. The number of aromatic nitrogens is 4. The highest BCUT2D eigenvalue weighted by Gasteiger charge is 2.05. The Balaban J connectivity index is 2.14. The van der Waals surface area contributed by atoms with Crippen LogP contribution in [0.25, 0.3) is 0 Å². The van der Waals surface area contributed by atoms with E-state index in [-0.39, 0.29) is 0 Å². The number of nitrogens with one attached hydrogen (secondary N) is 1. The number of hydrogen-bond acceptors (Lipinski definition) is 5. The monoisotopic (exact) mass is 247 g/mol. The van der Waals surface area contributed by atoms with Gasteiger partial charge in [0.25, 0.3) is 0 Å². The molecule has 0 bridgehead atoms. The van der Waals surface area contributed by atoms with E-state index < -0.39 is 0 Å². The number of ether oxygens (including phenoxy) is 1. The molecule has 6 nitrogen and oxygen atoms in total. The van der Waals surface area contributed by atoms with Gasteiger partial charge >= 0.3 is 0 Å². The molecule has 0 saturated heterocycles. The maximum absolute atomic E-state index is 5.65. The second-order valence-corrected chi connectivity index (χ2v) is 3.93. The summed E-state index contributed by atoms with van der Waals surface area (Å²) in [6.07, 6.45) is 4.59. The van der Waals surface area contributed by atoms with Crippen LogP contribution in [0.15, 0.2) is 18.5 Å². The highest BCUT2D eigenvalue weighted by Crippen LogP contribution is 2.20. The lowest BCUT2D eigenvalue weighted by molar-refractivity contribution is 0.458. The molecule has 0 aliphatic rings. The van der Waals surface area contributed by atoms with Crippen LogP contribution in [0.3, 0.4) is 0 Å². The van der Waals surface area contributed by atoms with Gasteiger partial charge in [0.15, 0.2) is 5.75 Å². The Morgan fingerprint density at radius 1 is 1.39 bits per heavy atom. The van der Waals surface area contributed by atoms with Crippen LogP contribution in [0.1, 0.15) is 19.2 Å². The van der Waals surface area contributed by atoms with Crippen molar-refractivity contribution < 1.29 is 4.74 Å². The van der Waals surface area contributed by atoms with Gasteiger partial charge < -0.3 is 10.1 Å². The van der Waals surface area contributed by atoms with E-state index in [4.69, 9.17) is 4.74 Å². The van der Waals surface area contributed by atoms with Crippen LogP contribution < -0.4 is 10.1 Å². The molecule has 96 valence electrons. The number of hydrogen-bond donors (Lipinski definition) is 1. The van der Waals surface area contributed by atoms with Crippen molar-refractivity contribution in [3.63, 3.8) is 0 Å². The molecule has 6 heteroatoms. The van der Waals surface area contributed by atoms with Crippen molar-refractivity contribution in [2.24, 2.45) is 0 Å². The van der Waals surface area contributed by atoms with Crippen LogP contribution in [0.5, 0.6) is 11.6 Å². The van der Waals surface area contributed by atoms with Gasteiger partial charge in [-0.2, -0.15) is 10.1 Å². The molecular weight excluding hydrogens is 230 g/mol. The molecule has 1 N–H and O–H groups in total. The predicted molar refractivity (Wildman–Crippen MR) is 68.9 cm³/mol. The van der Waals surface area contributed by atoms with E-state index >= 15 is 0 Å². The van der Waals surface area contributed by atoms with E-state index in [0.717, 1.165) is 18.8 Å². The van der Waals surface area contributed by atoms with E-state index in [1.165, 1.54) is 0 Å². The molecule has 0 unspecified atom stereocenters. The normalized spacial score (nSPS) is 10.4. The topological polar surface area (TPSA) is 64.9 Å². The Bertz CT molecular complexity index is 523. The van der Waals surface area contributed by atoms with Crippen molar-refractivity contribution in [1.82, 2.24) is 19.7 Å². The quantitative estimate of drug-likeness (QED) is 0.877. The first-order valence-electron chi connectivity index (χ1n) is 5.95. The first-order valence-corrected chi connectivity index (χ1v) is 5.95. The summed E-state index contributed by atoms with van der Waals surface area (Å²) >= 11 is 0. The smallest absolute Gasteiger partial charge is 0.224 e. The van der Waals surface area contributed by atoms with Crippen LogP contribution in [-0.2, 0) is 6.54 Å². The van der Waals surface area contributed by atoms with Crippen LogP contribution in [0.4, 0.5) is 5.82 Å². The average Bonchev–Trinajstić information content (AvgIpc) is 2.76. The molecule has 0 aromatic carbocycles. The summed E-state index contributed by atoms with van der Waals surface area (Å²) in [5, 5.41) is 7.17. The maximum Gasteiger partial charge on any atom is 0.224 e. The van der Waals surface area contributed by atoms with Gasteiger partial charge in [-0.15, -0.1) is 0 Å². The Kier molecular flexibility index (Phi) is 3.76. The summed E-state index contributed by atoms with van der Waals surface area (Å²) in [4.78, 5) is 8.43. The molecule has 2 rings (SSSR count). The third kappa shape index (κ3) is 2.97. The lowest BCUT2D eigenvalue weighted by Gasteiger charge is -2.05. The number of anilines is 1. The molecular formula is C12H17N5O. The van der Waals surface area contributed by atoms with Crippen LogP contribution in [0.2, 0.25) is 0 Å². The van der Waals surface area contributed by atoms with Gasteiger partial charge in [-0.1, -0.05) is 6.92 Å². The fourth-order valence-electron chi connectivity index (χ4n) is 1.59. The van der Waals surface area contributed by atoms with Gasteiger partial charge in [0.05, 0.1) is 12.4 Å². The summed E-state index contributed by atoms with van der Waals surface area (Å²) in [6, 6.07) is 1.75. The summed E-state index contributed by atoms with van der Waals surface area (Å²) in [5.41, 5.74) is 0. The van der Waals surface area contributed by atoms with Crippen molar-refractivity contribution in [2.45, 2.75) is 26.8 Å². The fourth-order valence-corrected chi connectivity index (χ4v) is 1.59. The van der Waals surface area contributed by atoms with Gasteiger partial charge in [-0.05, 0) is 13.3 Å². The van der Waals surface area contributed by atoms with E-state index in [2.05, 4.69) is 27.3 Å². The van der Waals surface area contributed by atoms with E-state index in [1.807, 2.05) is 24.9 Å². The van der Waals surface area contributed by atoms with Gasteiger partial charge in [-0.25, -0.2) is 4.98 Å². The Hall–Kier alpha value is -2.11. The minimum absolute atomic E-state index is 0.517. The molecule has 0 spiro atoms. The van der Waals surface area contributed by atoms with E-state index in [9.17, 15) is 0 Å². The molecule has 2 heterocycles. The predicted octanol–water partition coefficient (Wildman–Crippen LogP) is 2.23. The molecule has 0 aliphatic carbocycles. The van der Waals surface area contributed by atoms with E-state index in [1.54, 1.807) is 12.3 Å². The molecule has 0 atom stereocenters. The highest BCUT2D eigenvalue weighted by atomic mass is 16.5. The largest absolute Gasteiger partial charge is 0.436 e. The van der Waals surface area contributed by atoms with Gasteiger partial charge in [-0.3, -0.25) is 4.68 Å². The second kappa shape index (κ2) is 5.48. The van der Waals surface area contributed by atoms with Crippen molar-refractivity contribution in [3.05, 3.63) is 24.3 Å². The Labute approximate surface area is 106 Å². The molecule has 0 fully saturated rings. The third-order valence-corrected chi connectivity index (χ3v) is 2.36. The Morgan fingerprint density at radius 2 is 2.22 bits per heavy atom. The van der Waals surface area contributed by atoms with Crippen molar-refractivity contribution >= 4 is 5.82 Å². The fraction of sp³-hybridized carbons (Fsp3) is 0.417. The molecule has 0 saturated carbocycles. The first kappa shape index (κ1) is 12.3. The van der Waals surface area contributed by atoms with Crippen LogP contribution in [0, 0.1) is 6.92 Å². The van der Waals surface area contributed by atoms with Gasteiger partial charge in [0.2, 0.25) is 5.88 Å². The van der Waals surface area contributed by atoms with Gasteiger partial charge in [0.1, 0.15) is 11.6 Å². The number of nitrogens with zero attached hydrogens (tertiary/aromatic N) is 4. The minimum atomic E-state index is 0.517. The standard InChI is InChI=1S/C12H17N5O/c1-4-5-17-8-10(7-14-17)18-12-6-11(13-3)15-9(2)16-12/h6-8H,4-5H2,1-3H3,(H,13,15,16). The Morgan fingerprint density at radius 3 is 2.94 bits per heavy atom. The molecule has 2 aromatic rings. The second-order valence-electron chi connectivity index (χ2n) is 3.93. The van der Waals surface area contributed by atoms with E-state index in [0.29, 0.717) is 17.5 Å². The first-order chi connectivity index (χ1) is 8.71. The summed E-state index contributed by atoms with van der Waals surface area (Å²) in [5.74, 6) is 2.60. The molecule has 0 radical (unpaired) electrons. The molecule has 2 aromatic heterocycles. The van der Waals surface area contributed by atoms with Crippen molar-refractivity contribution in [2.75, 3.05) is 12.4 Å². The zero-order chi connectivity index (χ0) is 13.0. The summed E-state index contributed by atoms with van der Waals surface area (Å²) < 4.78 is 7.50. The lowest BCUT2D eigenvalue weighted by Crippen LogP contribution is -1.98. The highest BCUT2D eigenvalue weighted by molar-refractivity contribution is 5.38. The zero-order valence-electron chi connectivity index (χ0n) is 10.8. The maximum atomic E-state index is 5.65. The molecule has 18 heavy (non-hydrogen) atoms. The summed E-state index contributed by atoms with van der Waals surface area (Å²) in [6.45, 7) is 4.82. The summed E-state index contributed by atoms with van der Waals surface area (Å²) in [7, 11) is 1.81.